The van der Waals surface area contributed by atoms with Gasteiger partial charge in [0.15, 0.2) is 0 Å². The third kappa shape index (κ3) is 3.57. The molecule has 0 saturated carbocycles. The molecule has 2 saturated heterocycles. The quantitative estimate of drug-likeness (QED) is 0.815. The first-order valence-electron chi connectivity index (χ1n) is 7.83. The fraction of sp³-hybridized carbons (Fsp3) is 0.929. The number of rotatable bonds is 4. The largest absolute Gasteiger partial charge is 0.391 e. The van der Waals surface area contributed by atoms with E-state index in [1.165, 1.54) is 4.31 Å². The van der Waals surface area contributed by atoms with Gasteiger partial charge in [-0.05, 0) is 39.5 Å². The van der Waals surface area contributed by atoms with Crippen LogP contribution in [0.2, 0.25) is 0 Å². The van der Waals surface area contributed by atoms with Gasteiger partial charge in [-0.2, -0.15) is 0 Å². The molecule has 0 bridgehead atoms. The fourth-order valence-electron chi connectivity index (χ4n) is 3.38. The van der Waals surface area contributed by atoms with Crippen molar-refractivity contribution in [2.45, 2.75) is 51.7 Å². The van der Waals surface area contributed by atoms with Crippen molar-refractivity contribution in [2.24, 2.45) is 5.92 Å². The summed E-state index contributed by atoms with van der Waals surface area (Å²) in [6.45, 7) is 4.82. The van der Waals surface area contributed by atoms with E-state index >= 15 is 0 Å². The van der Waals surface area contributed by atoms with E-state index in [2.05, 4.69) is 0 Å². The minimum atomic E-state index is -3.23. The van der Waals surface area contributed by atoms with E-state index in [-0.39, 0.29) is 30.2 Å². The number of aliphatic hydroxyl groups is 1. The van der Waals surface area contributed by atoms with Crippen LogP contribution >= 0.6 is 0 Å². The molecule has 2 fully saturated rings. The van der Waals surface area contributed by atoms with Crippen LogP contribution in [0.25, 0.3) is 0 Å². The molecule has 2 heterocycles. The zero-order valence-corrected chi connectivity index (χ0v) is 13.7. The average Bonchev–Trinajstić information content (AvgIpc) is 2.96. The van der Waals surface area contributed by atoms with E-state index in [1.54, 1.807) is 18.7 Å². The van der Waals surface area contributed by atoms with Gasteiger partial charge < -0.3 is 10.0 Å². The highest BCUT2D eigenvalue weighted by molar-refractivity contribution is 7.89. The first-order valence-corrected chi connectivity index (χ1v) is 9.44. The van der Waals surface area contributed by atoms with Crippen molar-refractivity contribution >= 4 is 15.9 Å². The summed E-state index contributed by atoms with van der Waals surface area (Å²) in [5.41, 5.74) is 0. The van der Waals surface area contributed by atoms with Crippen LogP contribution < -0.4 is 0 Å². The Labute approximate surface area is 127 Å². The summed E-state index contributed by atoms with van der Waals surface area (Å²) in [6, 6.07) is -0.115. The molecule has 2 unspecified atom stereocenters. The summed E-state index contributed by atoms with van der Waals surface area (Å²) in [6.07, 6.45) is 2.66. The maximum atomic E-state index is 12.7. The number of hydrogen-bond donors (Lipinski definition) is 1. The average molecular weight is 318 g/mol. The molecule has 6 nitrogen and oxygen atoms in total. The molecule has 7 heteroatoms. The standard InChI is InChI=1S/C14H26N2O4S/c1-3-21(19,20)15-8-4-6-12(10-15)14(18)16-9-5-7-13(16)11(2)17/h11-13,17H,3-10H2,1-2H3/t11?,12?,13-/m1/s1. The Balaban J connectivity index is 2.06. The van der Waals surface area contributed by atoms with Crippen LogP contribution in [-0.2, 0) is 14.8 Å². The second kappa shape index (κ2) is 6.62. The summed E-state index contributed by atoms with van der Waals surface area (Å²) in [7, 11) is -3.23. The van der Waals surface area contributed by atoms with E-state index in [0.717, 1.165) is 25.7 Å². The van der Waals surface area contributed by atoms with Gasteiger partial charge in [0.2, 0.25) is 15.9 Å². The van der Waals surface area contributed by atoms with Gasteiger partial charge in [-0.1, -0.05) is 0 Å². The molecule has 0 aromatic rings. The van der Waals surface area contributed by atoms with Crippen molar-refractivity contribution in [3.05, 3.63) is 0 Å². The first-order chi connectivity index (χ1) is 9.86. The molecule has 0 aromatic heterocycles. The van der Waals surface area contributed by atoms with Crippen LogP contribution in [0, 0.1) is 5.92 Å². The molecule has 0 aromatic carbocycles. The molecular weight excluding hydrogens is 292 g/mol. The van der Waals surface area contributed by atoms with Crippen LogP contribution in [0.15, 0.2) is 0 Å². The Morgan fingerprint density at radius 3 is 2.57 bits per heavy atom. The van der Waals surface area contributed by atoms with E-state index in [9.17, 15) is 18.3 Å². The molecule has 0 spiro atoms. The molecule has 1 amide bonds. The predicted octanol–water partition coefficient (Wildman–Crippen LogP) is 0.420. The molecule has 1 N–H and O–H groups in total. The fourth-order valence-corrected chi connectivity index (χ4v) is 4.56. The first kappa shape index (κ1) is 16.7. The van der Waals surface area contributed by atoms with Gasteiger partial charge in [0.05, 0.1) is 23.8 Å². The summed E-state index contributed by atoms with van der Waals surface area (Å²) in [4.78, 5) is 14.4. The number of hydrogen-bond acceptors (Lipinski definition) is 4. The van der Waals surface area contributed by atoms with Crippen molar-refractivity contribution in [3.63, 3.8) is 0 Å². The number of nitrogens with zero attached hydrogens (tertiary/aromatic N) is 2. The third-order valence-electron chi connectivity index (χ3n) is 4.63. The lowest BCUT2D eigenvalue weighted by Gasteiger charge is -2.35. The normalized spacial score (nSPS) is 29.6. The van der Waals surface area contributed by atoms with Crippen molar-refractivity contribution < 1.29 is 18.3 Å². The Bertz CT molecular complexity index is 477. The number of carbonyl (C=O) groups is 1. The van der Waals surface area contributed by atoms with Crippen LogP contribution in [0.5, 0.6) is 0 Å². The molecule has 3 atom stereocenters. The molecule has 0 aliphatic carbocycles. The molecule has 21 heavy (non-hydrogen) atoms. The topological polar surface area (TPSA) is 77.9 Å². The smallest absolute Gasteiger partial charge is 0.227 e. The van der Waals surface area contributed by atoms with E-state index in [4.69, 9.17) is 0 Å². The lowest BCUT2D eigenvalue weighted by molar-refractivity contribution is -0.139. The molecule has 0 radical (unpaired) electrons. The maximum absolute atomic E-state index is 12.7. The highest BCUT2D eigenvalue weighted by Crippen LogP contribution is 2.27. The molecule has 2 rings (SSSR count). The zero-order chi connectivity index (χ0) is 15.6. The predicted molar refractivity (Wildman–Crippen MR) is 80.2 cm³/mol. The van der Waals surface area contributed by atoms with E-state index in [1.807, 2.05) is 0 Å². The van der Waals surface area contributed by atoms with Crippen LogP contribution in [0.4, 0.5) is 0 Å². The minimum Gasteiger partial charge on any atom is -0.391 e. The van der Waals surface area contributed by atoms with Crippen LogP contribution in [0.1, 0.15) is 39.5 Å². The lowest BCUT2D eigenvalue weighted by atomic mass is 9.97. The summed E-state index contributed by atoms with van der Waals surface area (Å²) >= 11 is 0. The number of carbonyl (C=O) groups excluding carboxylic acids is 1. The summed E-state index contributed by atoms with van der Waals surface area (Å²) in [5, 5.41) is 9.79. The van der Waals surface area contributed by atoms with Gasteiger partial charge in [0.25, 0.3) is 0 Å². The van der Waals surface area contributed by atoms with Crippen molar-refractivity contribution in [1.29, 1.82) is 0 Å². The number of sulfonamides is 1. The van der Waals surface area contributed by atoms with Gasteiger partial charge >= 0.3 is 0 Å². The Kier molecular flexibility index (Phi) is 5.27. The monoisotopic (exact) mass is 318 g/mol. The Morgan fingerprint density at radius 1 is 1.29 bits per heavy atom. The van der Waals surface area contributed by atoms with E-state index in [0.29, 0.717) is 13.1 Å². The van der Waals surface area contributed by atoms with Crippen LogP contribution in [0.3, 0.4) is 0 Å². The van der Waals surface area contributed by atoms with Crippen molar-refractivity contribution in [3.8, 4) is 0 Å². The number of likely N-dealkylation sites (tertiary alicyclic amines) is 1. The number of piperidine rings is 1. The third-order valence-corrected chi connectivity index (χ3v) is 6.48. The van der Waals surface area contributed by atoms with Gasteiger partial charge in [0.1, 0.15) is 0 Å². The van der Waals surface area contributed by atoms with Gasteiger partial charge in [-0.15, -0.1) is 0 Å². The van der Waals surface area contributed by atoms with Gasteiger partial charge in [-0.25, -0.2) is 12.7 Å². The molecule has 2 aliphatic rings. The molecule has 2 aliphatic heterocycles. The van der Waals surface area contributed by atoms with Gasteiger partial charge in [0, 0.05) is 19.6 Å². The maximum Gasteiger partial charge on any atom is 0.227 e. The van der Waals surface area contributed by atoms with Crippen molar-refractivity contribution in [1.82, 2.24) is 9.21 Å². The van der Waals surface area contributed by atoms with Gasteiger partial charge in [-0.3, -0.25) is 4.79 Å². The highest BCUT2D eigenvalue weighted by Gasteiger charge is 2.38. The summed E-state index contributed by atoms with van der Waals surface area (Å²) in [5.74, 6) is -0.178. The Morgan fingerprint density at radius 2 is 1.95 bits per heavy atom. The van der Waals surface area contributed by atoms with Crippen molar-refractivity contribution in [2.75, 3.05) is 25.4 Å². The second-order valence-corrected chi connectivity index (χ2v) is 8.34. The molecule has 122 valence electrons. The second-order valence-electron chi connectivity index (χ2n) is 6.08. The van der Waals surface area contributed by atoms with E-state index < -0.39 is 16.1 Å². The highest BCUT2D eigenvalue weighted by atomic mass is 32.2. The zero-order valence-electron chi connectivity index (χ0n) is 12.9. The molecular formula is C14H26N2O4S. The minimum absolute atomic E-state index is 0.00871. The van der Waals surface area contributed by atoms with Crippen LogP contribution in [-0.4, -0.2) is 66.2 Å². The summed E-state index contributed by atoms with van der Waals surface area (Å²) < 4.78 is 25.4. The SMILES string of the molecule is CCS(=O)(=O)N1CCCC(C(=O)N2CCC[C@@H]2C(C)O)C1. The lowest BCUT2D eigenvalue weighted by Crippen LogP contribution is -2.50. The number of aliphatic hydroxyl groups excluding tert-OH is 1. The number of amides is 1. The Hall–Kier alpha value is -0.660.